The molecule has 0 amide bonds. The Bertz CT molecular complexity index is 299. The van der Waals surface area contributed by atoms with Crippen LogP contribution in [-0.4, -0.2) is 34.9 Å². The predicted octanol–water partition coefficient (Wildman–Crippen LogP) is 1.88. The quantitative estimate of drug-likeness (QED) is 0.456. The summed E-state index contributed by atoms with van der Waals surface area (Å²) in [4.78, 5) is 0. The van der Waals surface area contributed by atoms with Crippen molar-refractivity contribution in [1.29, 1.82) is 0 Å². The van der Waals surface area contributed by atoms with Gasteiger partial charge in [0.25, 0.3) is 0 Å². The highest BCUT2D eigenvalue weighted by atomic mass is 79.9. The van der Waals surface area contributed by atoms with Crippen LogP contribution in [0.15, 0.2) is 0 Å². The molecule has 0 aliphatic heterocycles. The molecular formula is C8H17BrN4OSi. The first kappa shape index (κ1) is 12.8. The van der Waals surface area contributed by atoms with E-state index in [1.54, 1.807) is 4.68 Å². The normalized spacial score (nSPS) is 12.0. The molecule has 1 aromatic heterocycles. The predicted molar refractivity (Wildman–Crippen MR) is 64.6 cm³/mol. The minimum atomic E-state index is -0.996. The molecule has 15 heavy (non-hydrogen) atoms. The van der Waals surface area contributed by atoms with Crippen LogP contribution in [0.2, 0.25) is 25.7 Å². The zero-order valence-electron chi connectivity index (χ0n) is 9.40. The first-order valence-electron chi connectivity index (χ1n) is 4.92. The van der Waals surface area contributed by atoms with Gasteiger partial charge in [0, 0.05) is 14.7 Å². The van der Waals surface area contributed by atoms with Crippen molar-refractivity contribution in [2.24, 2.45) is 0 Å². The molecule has 0 radical (unpaired) electrons. The van der Waals surface area contributed by atoms with Gasteiger partial charge >= 0.3 is 0 Å². The number of halogens is 1. The maximum atomic E-state index is 5.53. The second kappa shape index (κ2) is 5.71. The number of aromatic nitrogens is 4. The van der Waals surface area contributed by atoms with Gasteiger partial charge < -0.3 is 4.74 Å². The highest BCUT2D eigenvalue weighted by Gasteiger charge is 2.12. The highest BCUT2D eigenvalue weighted by molar-refractivity contribution is 9.08. The third kappa shape index (κ3) is 4.85. The third-order valence-electron chi connectivity index (χ3n) is 1.94. The lowest BCUT2D eigenvalue weighted by molar-refractivity contribution is 0.0756. The molecule has 1 heterocycles. The maximum Gasteiger partial charge on any atom is 0.164 e. The molecule has 86 valence electrons. The van der Waals surface area contributed by atoms with Crippen molar-refractivity contribution in [2.45, 2.75) is 37.7 Å². The van der Waals surface area contributed by atoms with Crippen molar-refractivity contribution in [3.8, 4) is 0 Å². The van der Waals surface area contributed by atoms with Crippen molar-refractivity contribution in [3.63, 3.8) is 0 Å². The fourth-order valence-corrected chi connectivity index (χ4v) is 2.11. The minimum absolute atomic E-state index is 0.443. The Balaban J connectivity index is 2.26. The zero-order chi connectivity index (χ0) is 11.3. The van der Waals surface area contributed by atoms with Crippen LogP contribution >= 0.6 is 15.9 Å². The van der Waals surface area contributed by atoms with Gasteiger partial charge in [-0.25, -0.2) is 4.68 Å². The standard InChI is InChI=1S/C8H17BrN4OSi/c1-15(2,3)5-4-14-7-13-8(6-9)10-11-12-13/h4-7H2,1-3H3. The van der Waals surface area contributed by atoms with Crippen LogP contribution in [0.1, 0.15) is 5.82 Å². The van der Waals surface area contributed by atoms with Gasteiger partial charge in [-0.05, 0) is 16.5 Å². The molecule has 0 aromatic carbocycles. The summed E-state index contributed by atoms with van der Waals surface area (Å²) < 4.78 is 7.20. The summed E-state index contributed by atoms with van der Waals surface area (Å²) in [6, 6.07) is 1.17. The van der Waals surface area contributed by atoms with E-state index >= 15 is 0 Å². The topological polar surface area (TPSA) is 52.8 Å². The van der Waals surface area contributed by atoms with Gasteiger partial charge in [0.15, 0.2) is 5.82 Å². The summed E-state index contributed by atoms with van der Waals surface area (Å²) in [5, 5.41) is 11.9. The summed E-state index contributed by atoms with van der Waals surface area (Å²) in [6.07, 6.45) is 0. The first-order valence-corrected chi connectivity index (χ1v) is 9.74. The molecule has 0 N–H and O–H groups in total. The molecule has 0 saturated heterocycles. The molecule has 0 atom stereocenters. The van der Waals surface area contributed by atoms with Gasteiger partial charge in [-0.2, -0.15) is 0 Å². The van der Waals surface area contributed by atoms with Crippen molar-refractivity contribution >= 4 is 24.0 Å². The minimum Gasteiger partial charge on any atom is -0.359 e. The number of rotatable bonds is 6. The Hall–Kier alpha value is -0.273. The Labute approximate surface area is 99.3 Å². The molecule has 7 heteroatoms. The SMILES string of the molecule is C[Si](C)(C)CCOCn1nnnc1CBr. The number of nitrogens with zero attached hydrogens (tertiary/aromatic N) is 4. The fraction of sp³-hybridized carbons (Fsp3) is 0.875. The molecule has 0 bridgehead atoms. The van der Waals surface area contributed by atoms with E-state index in [1.165, 1.54) is 6.04 Å². The average molecular weight is 293 g/mol. The third-order valence-corrected chi connectivity index (χ3v) is 4.14. The molecule has 0 spiro atoms. The molecule has 5 nitrogen and oxygen atoms in total. The summed E-state index contributed by atoms with van der Waals surface area (Å²) >= 11 is 3.32. The molecule has 0 aliphatic carbocycles. The lowest BCUT2D eigenvalue weighted by atomic mass is 10.7. The lowest BCUT2D eigenvalue weighted by Crippen LogP contribution is -2.22. The first-order chi connectivity index (χ1) is 7.03. The van der Waals surface area contributed by atoms with Crippen LogP contribution in [0.4, 0.5) is 0 Å². The maximum absolute atomic E-state index is 5.53. The molecular weight excluding hydrogens is 276 g/mol. The van der Waals surface area contributed by atoms with E-state index in [0.29, 0.717) is 12.1 Å². The van der Waals surface area contributed by atoms with E-state index < -0.39 is 8.07 Å². The van der Waals surface area contributed by atoms with Gasteiger partial charge in [-0.15, -0.1) is 5.10 Å². The van der Waals surface area contributed by atoms with Gasteiger partial charge in [-0.3, -0.25) is 0 Å². The van der Waals surface area contributed by atoms with E-state index in [-0.39, 0.29) is 0 Å². The zero-order valence-corrected chi connectivity index (χ0v) is 12.0. The molecule has 0 unspecified atom stereocenters. The van der Waals surface area contributed by atoms with Crippen LogP contribution in [0, 0.1) is 0 Å². The van der Waals surface area contributed by atoms with E-state index in [4.69, 9.17) is 4.74 Å². The smallest absolute Gasteiger partial charge is 0.164 e. The Kier molecular flexibility index (Phi) is 4.87. The Morgan fingerprint density at radius 2 is 2.13 bits per heavy atom. The monoisotopic (exact) mass is 292 g/mol. The largest absolute Gasteiger partial charge is 0.359 e. The second-order valence-electron chi connectivity index (χ2n) is 4.58. The van der Waals surface area contributed by atoms with Crippen molar-refractivity contribution in [3.05, 3.63) is 5.82 Å². The number of tetrazole rings is 1. The van der Waals surface area contributed by atoms with E-state index in [1.807, 2.05) is 0 Å². The molecule has 1 rings (SSSR count). The van der Waals surface area contributed by atoms with Gasteiger partial charge in [-0.1, -0.05) is 35.6 Å². The van der Waals surface area contributed by atoms with Crippen LogP contribution in [0.5, 0.6) is 0 Å². The molecule has 0 fully saturated rings. The molecule has 0 aliphatic rings. The van der Waals surface area contributed by atoms with Crippen molar-refractivity contribution in [1.82, 2.24) is 20.2 Å². The molecule has 0 saturated carbocycles. The Morgan fingerprint density at radius 1 is 1.40 bits per heavy atom. The average Bonchev–Trinajstić information content (AvgIpc) is 2.58. The summed E-state index contributed by atoms with van der Waals surface area (Å²) in [5.41, 5.74) is 0. The lowest BCUT2D eigenvalue weighted by Gasteiger charge is -2.15. The van der Waals surface area contributed by atoms with Gasteiger partial charge in [0.2, 0.25) is 0 Å². The van der Waals surface area contributed by atoms with Crippen LogP contribution < -0.4 is 0 Å². The second-order valence-corrected chi connectivity index (χ2v) is 10.8. The van der Waals surface area contributed by atoms with E-state index in [2.05, 4.69) is 51.1 Å². The number of hydrogen-bond acceptors (Lipinski definition) is 4. The van der Waals surface area contributed by atoms with Crippen LogP contribution in [-0.2, 0) is 16.8 Å². The van der Waals surface area contributed by atoms with Crippen LogP contribution in [0.25, 0.3) is 0 Å². The van der Waals surface area contributed by atoms with E-state index in [0.717, 1.165) is 12.4 Å². The van der Waals surface area contributed by atoms with Crippen LogP contribution in [0.3, 0.4) is 0 Å². The fourth-order valence-electron chi connectivity index (χ4n) is 0.949. The highest BCUT2D eigenvalue weighted by Crippen LogP contribution is 2.08. The Morgan fingerprint density at radius 3 is 2.73 bits per heavy atom. The van der Waals surface area contributed by atoms with Crippen molar-refractivity contribution < 1.29 is 4.74 Å². The summed E-state index contributed by atoms with van der Waals surface area (Å²) in [7, 11) is -0.996. The molecule has 1 aromatic rings. The van der Waals surface area contributed by atoms with Crippen molar-refractivity contribution in [2.75, 3.05) is 6.61 Å². The van der Waals surface area contributed by atoms with Gasteiger partial charge in [0.1, 0.15) is 6.73 Å². The number of hydrogen-bond donors (Lipinski definition) is 0. The van der Waals surface area contributed by atoms with E-state index in [9.17, 15) is 0 Å². The number of ether oxygens (including phenoxy) is 1. The number of alkyl halides is 1. The summed E-state index contributed by atoms with van der Waals surface area (Å²) in [5.74, 6) is 0.794. The van der Waals surface area contributed by atoms with Gasteiger partial charge in [0.05, 0.1) is 5.33 Å². The summed E-state index contributed by atoms with van der Waals surface area (Å²) in [6.45, 7) is 8.22.